The van der Waals surface area contributed by atoms with Gasteiger partial charge in [-0.15, -0.1) is 0 Å². The number of carbonyl (C=O) groups excluding carboxylic acids is 1. The molecule has 0 saturated heterocycles. The second-order valence-corrected chi connectivity index (χ2v) is 15.7. The summed E-state index contributed by atoms with van der Waals surface area (Å²) >= 11 is 0. The molecule has 3 N–H and O–H groups in total. The highest BCUT2D eigenvalue weighted by Crippen LogP contribution is 2.61. The number of hydrogen-bond acceptors (Lipinski definition) is 9. The van der Waals surface area contributed by atoms with Gasteiger partial charge in [0.25, 0.3) is 0 Å². The number of pyridine rings is 1. The van der Waals surface area contributed by atoms with Gasteiger partial charge in [0.05, 0.1) is 41.4 Å². The van der Waals surface area contributed by atoms with Gasteiger partial charge in [0.1, 0.15) is 11.4 Å². The molecule has 1 spiro atoms. The van der Waals surface area contributed by atoms with Crippen LogP contribution in [0.15, 0.2) is 24.4 Å². The smallest absolute Gasteiger partial charge is 0.477 e. The standard InChI is InChI=1S/C32H41F3N5O6P/c1-17-25(18(2)40(39-17)16-44-47(42,45-30(3,4)5)46-31(6,7)8)28-23(35)11-19(14-37-28)38-29(41)27(36)26-20-12-21(33)22(34)13-24(20)43-15-32(26)9-10-32/h11-14,26-27H,9-10,15-16,36H2,1-8H3,(H,38,41)/t26?,27-/m0/s1. The summed E-state index contributed by atoms with van der Waals surface area (Å²) in [6.07, 6.45) is 2.71. The third kappa shape index (κ3) is 7.57. The fourth-order valence-corrected chi connectivity index (χ4v) is 7.58. The van der Waals surface area contributed by atoms with Crippen LogP contribution in [0.4, 0.5) is 18.9 Å². The van der Waals surface area contributed by atoms with Crippen molar-refractivity contribution in [2.24, 2.45) is 11.1 Å². The average Bonchev–Trinajstić information content (AvgIpc) is 3.64. The van der Waals surface area contributed by atoms with Gasteiger partial charge in [0, 0.05) is 40.3 Å². The Morgan fingerprint density at radius 2 is 1.70 bits per heavy atom. The third-order valence-corrected chi connectivity index (χ3v) is 9.93. The molecular weight excluding hydrogens is 638 g/mol. The van der Waals surface area contributed by atoms with Gasteiger partial charge < -0.3 is 15.8 Å². The van der Waals surface area contributed by atoms with Crippen LogP contribution < -0.4 is 15.8 Å². The molecule has 256 valence electrons. The molecule has 2 atom stereocenters. The van der Waals surface area contributed by atoms with Crippen LogP contribution >= 0.6 is 7.82 Å². The van der Waals surface area contributed by atoms with Crippen LogP contribution in [0.1, 0.15) is 77.3 Å². The number of amides is 1. The van der Waals surface area contributed by atoms with E-state index >= 15 is 4.39 Å². The minimum absolute atomic E-state index is 0.0265. The first-order chi connectivity index (χ1) is 21.7. The van der Waals surface area contributed by atoms with Crippen LogP contribution in [0.5, 0.6) is 5.75 Å². The minimum atomic E-state index is -4.04. The van der Waals surface area contributed by atoms with Gasteiger partial charge in [-0.25, -0.2) is 22.4 Å². The lowest BCUT2D eigenvalue weighted by atomic mass is 9.76. The molecule has 1 unspecified atom stereocenters. The molecule has 3 heterocycles. The van der Waals surface area contributed by atoms with Crippen LogP contribution in [0.25, 0.3) is 11.3 Å². The Kier molecular flexibility index (Phi) is 9.17. The van der Waals surface area contributed by atoms with Crippen LogP contribution in [-0.4, -0.2) is 44.5 Å². The number of rotatable bonds is 9. The van der Waals surface area contributed by atoms with Crippen molar-refractivity contribution in [1.29, 1.82) is 0 Å². The SMILES string of the molecule is Cc1nn(COP(=O)(OC(C)(C)C)OC(C)(C)C)c(C)c1-c1ncc(NC(=O)[C@@H](N)C2c3cc(F)c(F)cc3OCC23CC3)cc1F. The van der Waals surface area contributed by atoms with Gasteiger partial charge in [-0.2, -0.15) is 5.10 Å². The van der Waals surface area contributed by atoms with Gasteiger partial charge in [-0.1, -0.05) is 0 Å². The molecule has 1 amide bonds. The van der Waals surface area contributed by atoms with Gasteiger partial charge >= 0.3 is 7.82 Å². The quantitative estimate of drug-likeness (QED) is 0.231. The van der Waals surface area contributed by atoms with Crippen molar-refractivity contribution in [3.05, 3.63) is 58.8 Å². The number of aryl methyl sites for hydroxylation is 1. The molecule has 1 aliphatic heterocycles. The normalized spacial score (nSPS) is 18.1. The largest absolute Gasteiger partial charge is 0.493 e. The molecule has 1 aromatic carbocycles. The van der Waals surface area contributed by atoms with E-state index in [4.69, 9.17) is 24.0 Å². The van der Waals surface area contributed by atoms with E-state index in [2.05, 4.69) is 15.4 Å². The van der Waals surface area contributed by atoms with E-state index in [1.807, 2.05) is 0 Å². The summed E-state index contributed by atoms with van der Waals surface area (Å²) in [4.78, 5) is 17.6. The molecule has 5 rings (SSSR count). The van der Waals surface area contributed by atoms with Crippen LogP contribution in [-0.2, 0) is 29.7 Å². The molecule has 1 fully saturated rings. The van der Waals surface area contributed by atoms with E-state index in [0.29, 0.717) is 35.4 Å². The first-order valence-corrected chi connectivity index (χ1v) is 16.7. The Labute approximate surface area is 271 Å². The number of phosphoric acid groups is 1. The molecule has 3 aromatic rings. The number of anilines is 1. The lowest BCUT2D eigenvalue weighted by Crippen LogP contribution is -2.47. The Morgan fingerprint density at radius 3 is 2.28 bits per heavy atom. The second-order valence-electron chi connectivity index (χ2n) is 14.2. The van der Waals surface area contributed by atoms with E-state index in [0.717, 1.165) is 18.2 Å². The highest BCUT2D eigenvalue weighted by molar-refractivity contribution is 7.48. The Morgan fingerprint density at radius 1 is 1.09 bits per heavy atom. The number of phosphoric ester groups is 1. The molecule has 11 nitrogen and oxygen atoms in total. The van der Waals surface area contributed by atoms with Crippen LogP contribution in [0, 0.1) is 36.7 Å². The van der Waals surface area contributed by atoms with Gasteiger partial charge in [0.2, 0.25) is 5.91 Å². The highest BCUT2D eigenvalue weighted by atomic mass is 31.2. The molecular formula is C32H41F3N5O6P. The molecule has 47 heavy (non-hydrogen) atoms. The van der Waals surface area contributed by atoms with Crippen molar-refractivity contribution in [2.75, 3.05) is 11.9 Å². The molecule has 0 radical (unpaired) electrons. The summed E-state index contributed by atoms with van der Waals surface area (Å²) in [5.41, 5.74) is 5.94. The summed E-state index contributed by atoms with van der Waals surface area (Å²) in [6.45, 7) is 13.6. The topological polar surface area (TPSA) is 140 Å². The number of halogens is 3. The maximum absolute atomic E-state index is 15.6. The number of nitrogens with zero attached hydrogens (tertiary/aromatic N) is 3. The molecule has 2 aromatic heterocycles. The summed E-state index contributed by atoms with van der Waals surface area (Å²) < 4.78 is 81.2. The third-order valence-electron chi connectivity index (χ3n) is 7.95. The summed E-state index contributed by atoms with van der Waals surface area (Å²) in [7, 11) is -4.04. The van der Waals surface area contributed by atoms with Gasteiger partial charge in [-0.3, -0.25) is 23.3 Å². The van der Waals surface area contributed by atoms with E-state index < -0.39 is 59.8 Å². The number of aromatic nitrogens is 3. The van der Waals surface area contributed by atoms with Crippen molar-refractivity contribution in [2.45, 2.75) is 98.1 Å². The zero-order valence-electron chi connectivity index (χ0n) is 27.7. The fourth-order valence-electron chi connectivity index (χ4n) is 5.84. The van der Waals surface area contributed by atoms with Crippen molar-refractivity contribution in [3.63, 3.8) is 0 Å². The zero-order valence-corrected chi connectivity index (χ0v) is 28.6. The van der Waals surface area contributed by atoms with Crippen molar-refractivity contribution in [3.8, 4) is 17.0 Å². The monoisotopic (exact) mass is 679 g/mol. The minimum Gasteiger partial charge on any atom is -0.493 e. The molecule has 1 saturated carbocycles. The van der Waals surface area contributed by atoms with E-state index in [9.17, 15) is 18.1 Å². The van der Waals surface area contributed by atoms with Crippen LogP contribution in [0.2, 0.25) is 0 Å². The lowest BCUT2D eigenvalue weighted by molar-refractivity contribution is -0.118. The molecule has 0 bridgehead atoms. The number of fused-ring (bicyclic) bond motifs is 1. The van der Waals surface area contributed by atoms with E-state index in [1.54, 1.807) is 55.4 Å². The van der Waals surface area contributed by atoms with Crippen molar-refractivity contribution >= 4 is 19.4 Å². The maximum atomic E-state index is 15.6. The Bertz CT molecular complexity index is 1730. The number of nitrogens with one attached hydrogen (secondary N) is 1. The van der Waals surface area contributed by atoms with Crippen LogP contribution in [0.3, 0.4) is 0 Å². The summed E-state index contributed by atoms with van der Waals surface area (Å²) in [5.74, 6) is -3.97. The number of hydrogen-bond donors (Lipinski definition) is 2. The van der Waals surface area contributed by atoms with Crippen molar-refractivity contribution < 1.29 is 40.8 Å². The average molecular weight is 680 g/mol. The van der Waals surface area contributed by atoms with E-state index in [1.165, 1.54) is 10.9 Å². The van der Waals surface area contributed by atoms with Crippen molar-refractivity contribution in [1.82, 2.24) is 14.8 Å². The summed E-state index contributed by atoms with van der Waals surface area (Å²) in [6, 6.07) is 1.95. The molecule has 1 aliphatic carbocycles. The van der Waals surface area contributed by atoms with Gasteiger partial charge in [-0.05, 0) is 74.3 Å². The first kappa shape index (κ1) is 35.0. The molecule has 2 aliphatic rings. The molecule has 15 heteroatoms. The number of ether oxygens (including phenoxy) is 1. The fraction of sp³-hybridized carbons (Fsp3) is 0.531. The Hall–Kier alpha value is -3.29. The maximum Gasteiger partial charge on any atom is 0.477 e. The van der Waals surface area contributed by atoms with Gasteiger partial charge in [0.15, 0.2) is 24.2 Å². The summed E-state index contributed by atoms with van der Waals surface area (Å²) in [5, 5.41) is 7.04. The zero-order chi connectivity index (χ0) is 34.7. The lowest BCUT2D eigenvalue weighted by Gasteiger charge is -2.37. The Balaban J connectivity index is 1.33. The number of nitrogens with two attached hydrogens (primary N) is 1. The van der Waals surface area contributed by atoms with E-state index in [-0.39, 0.29) is 30.5 Å². The highest BCUT2D eigenvalue weighted by Gasteiger charge is 2.57. The second kappa shape index (κ2) is 12.3. The number of carbonyl (C=O) groups is 1. The predicted molar refractivity (Wildman–Crippen MR) is 168 cm³/mol. The first-order valence-electron chi connectivity index (χ1n) is 15.3. The predicted octanol–water partition coefficient (Wildman–Crippen LogP) is 6.91. The number of benzene rings is 1.